The van der Waals surface area contributed by atoms with Crippen LogP contribution in [0.25, 0.3) is 11.1 Å². The van der Waals surface area contributed by atoms with Crippen molar-refractivity contribution in [1.82, 2.24) is 5.32 Å². The Hall–Kier alpha value is -2.34. The highest BCUT2D eigenvalue weighted by molar-refractivity contribution is 8.06. The topological polar surface area (TPSA) is 69.6 Å². The minimum Gasteiger partial charge on any atom is -0.365 e. The zero-order chi connectivity index (χ0) is 20.4. The van der Waals surface area contributed by atoms with Gasteiger partial charge in [0.1, 0.15) is 0 Å². The second kappa shape index (κ2) is 11.5. The van der Waals surface area contributed by atoms with Crippen LogP contribution in [0.2, 0.25) is 0 Å². The second-order valence-corrected chi connectivity index (χ2v) is 7.43. The average Bonchev–Trinajstić information content (AvgIpc) is 2.71. The molecule has 2 aromatic carbocycles. The van der Waals surface area contributed by atoms with Crippen LogP contribution in [-0.4, -0.2) is 22.4 Å². The molecule has 28 heavy (non-hydrogen) atoms. The van der Waals surface area contributed by atoms with Crippen molar-refractivity contribution in [1.29, 1.82) is 0 Å². The summed E-state index contributed by atoms with van der Waals surface area (Å²) in [4.78, 5) is 13.4. The van der Waals surface area contributed by atoms with Gasteiger partial charge in [-0.3, -0.25) is 4.79 Å². The van der Waals surface area contributed by atoms with Crippen molar-refractivity contribution in [3.05, 3.63) is 82.2 Å². The Balaban J connectivity index is 1.93. The number of hydrogen-bond donors (Lipinski definition) is 3. The van der Waals surface area contributed by atoms with Gasteiger partial charge in [0.25, 0.3) is 0 Å². The second-order valence-electron chi connectivity index (χ2n) is 6.27. The molecule has 2 rings (SSSR count). The van der Waals surface area contributed by atoms with Crippen molar-refractivity contribution in [3.8, 4) is 11.1 Å². The third kappa shape index (κ3) is 7.35. The van der Waals surface area contributed by atoms with E-state index in [0.29, 0.717) is 17.9 Å². The third-order valence-electron chi connectivity index (χ3n) is 4.18. The summed E-state index contributed by atoms with van der Waals surface area (Å²) in [6, 6.07) is 18.3. The Kier molecular flexibility index (Phi) is 9.01. The number of aliphatic hydroxyl groups is 2. The van der Waals surface area contributed by atoms with E-state index in [0.717, 1.165) is 28.0 Å². The third-order valence-corrected chi connectivity index (χ3v) is 5.42. The molecule has 0 saturated carbocycles. The van der Waals surface area contributed by atoms with Crippen LogP contribution in [0.1, 0.15) is 32.3 Å². The molecular formula is C23H27NO3S. The van der Waals surface area contributed by atoms with Crippen LogP contribution in [0.4, 0.5) is 0 Å². The molecule has 0 saturated heterocycles. The number of carbonyl (C=O) groups is 1. The predicted octanol–water partition coefficient (Wildman–Crippen LogP) is 4.60. The van der Waals surface area contributed by atoms with E-state index >= 15 is 0 Å². The molecule has 0 aromatic heterocycles. The summed E-state index contributed by atoms with van der Waals surface area (Å²) < 4.78 is 0. The summed E-state index contributed by atoms with van der Waals surface area (Å²) in [5.41, 5.74) is 3.39. The normalized spacial score (nSPS) is 12.3. The van der Waals surface area contributed by atoms with Crippen LogP contribution in [0, 0.1) is 0 Å². The molecule has 1 amide bonds. The van der Waals surface area contributed by atoms with Crippen LogP contribution in [0.15, 0.2) is 76.7 Å². The number of allylic oxidation sites excluding steroid dienone is 2. The largest absolute Gasteiger partial charge is 0.365 e. The van der Waals surface area contributed by atoms with E-state index in [1.807, 2.05) is 50.3 Å². The minimum atomic E-state index is -1.61. The molecular weight excluding hydrogens is 370 g/mol. The fourth-order valence-corrected chi connectivity index (χ4v) is 3.56. The Labute approximate surface area is 171 Å². The van der Waals surface area contributed by atoms with E-state index in [4.69, 9.17) is 0 Å². The summed E-state index contributed by atoms with van der Waals surface area (Å²) in [7, 11) is 0. The predicted molar refractivity (Wildman–Crippen MR) is 116 cm³/mol. The molecule has 0 spiro atoms. The number of amides is 1. The van der Waals surface area contributed by atoms with Crippen LogP contribution >= 0.6 is 11.8 Å². The zero-order valence-corrected chi connectivity index (χ0v) is 17.1. The van der Waals surface area contributed by atoms with Crippen LogP contribution in [0.3, 0.4) is 0 Å². The molecule has 0 aliphatic rings. The van der Waals surface area contributed by atoms with Crippen LogP contribution in [-0.2, 0) is 11.2 Å². The van der Waals surface area contributed by atoms with E-state index in [1.54, 1.807) is 0 Å². The molecule has 4 nitrogen and oxygen atoms in total. The number of rotatable bonds is 9. The zero-order valence-electron chi connectivity index (χ0n) is 16.3. The summed E-state index contributed by atoms with van der Waals surface area (Å²) in [6.07, 6.45) is 3.32. The number of hydrogen-bond acceptors (Lipinski definition) is 4. The van der Waals surface area contributed by atoms with Crippen molar-refractivity contribution < 1.29 is 15.0 Å². The Morgan fingerprint density at radius 2 is 1.71 bits per heavy atom. The number of aryl methyl sites for hydroxylation is 1. The highest BCUT2D eigenvalue weighted by atomic mass is 32.2. The van der Waals surface area contributed by atoms with Gasteiger partial charge in [-0.05, 0) is 41.4 Å². The lowest BCUT2D eigenvalue weighted by Gasteiger charge is -2.12. The number of thioether (sulfide) groups is 1. The first kappa shape index (κ1) is 22.0. The standard InChI is InChI=1S/C23H27NO3S/c1-3-20(4-2)28-22(16-23(26)27)24-21(25)15-12-17-10-13-19(14-11-17)18-8-6-5-7-9-18/h3,5-11,13-14,16,23,26-27H,4,12,15H2,1-2H3,(H,24,25)/b20-3-,22-16+. The van der Waals surface area contributed by atoms with Crippen LogP contribution < -0.4 is 5.32 Å². The van der Waals surface area contributed by atoms with E-state index in [-0.39, 0.29) is 5.91 Å². The maximum absolute atomic E-state index is 12.3. The van der Waals surface area contributed by atoms with Crippen molar-refractivity contribution in [2.24, 2.45) is 0 Å². The Bertz CT molecular complexity index is 812. The van der Waals surface area contributed by atoms with Gasteiger partial charge >= 0.3 is 0 Å². The first-order chi connectivity index (χ1) is 13.5. The minimum absolute atomic E-state index is 0.155. The molecule has 0 fully saturated rings. The summed E-state index contributed by atoms with van der Waals surface area (Å²) >= 11 is 1.34. The Morgan fingerprint density at radius 1 is 1.07 bits per heavy atom. The van der Waals surface area contributed by atoms with Gasteiger partial charge in [-0.25, -0.2) is 0 Å². The molecule has 3 N–H and O–H groups in total. The van der Waals surface area contributed by atoms with Gasteiger partial charge in [-0.2, -0.15) is 0 Å². The lowest BCUT2D eigenvalue weighted by molar-refractivity contribution is -0.120. The quantitative estimate of drug-likeness (QED) is 0.541. The fourth-order valence-electron chi connectivity index (χ4n) is 2.67. The number of aliphatic hydroxyl groups excluding tert-OH is 1. The van der Waals surface area contributed by atoms with E-state index in [1.165, 1.54) is 17.8 Å². The molecule has 0 atom stereocenters. The van der Waals surface area contributed by atoms with E-state index in [2.05, 4.69) is 29.6 Å². The van der Waals surface area contributed by atoms with Crippen molar-refractivity contribution in [2.75, 3.05) is 0 Å². The highest BCUT2D eigenvalue weighted by Gasteiger charge is 2.09. The van der Waals surface area contributed by atoms with Crippen molar-refractivity contribution in [3.63, 3.8) is 0 Å². The monoisotopic (exact) mass is 397 g/mol. The molecule has 0 aliphatic heterocycles. The number of nitrogens with one attached hydrogen (secondary N) is 1. The molecule has 0 radical (unpaired) electrons. The lowest BCUT2D eigenvalue weighted by Crippen LogP contribution is -2.23. The van der Waals surface area contributed by atoms with E-state index < -0.39 is 6.29 Å². The van der Waals surface area contributed by atoms with Gasteiger partial charge in [-0.15, -0.1) is 0 Å². The molecule has 2 aromatic rings. The first-order valence-corrected chi connectivity index (χ1v) is 10.2. The van der Waals surface area contributed by atoms with Crippen molar-refractivity contribution >= 4 is 17.7 Å². The van der Waals surface area contributed by atoms with Gasteiger partial charge in [0.05, 0.1) is 5.03 Å². The summed E-state index contributed by atoms with van der Waals surface area (Å²) in [6.45, 7) is 3.93. The van der Waals surface area contributed by atoms with Crippen LogP contribution in [0.5, 0.6) is 0 Å². The molecule has 0 bridgehead atoms. The lowest BCUT2D eigenvalue weighted by atomic mass is 10.0. The maximum Gasteiger partial charge on any atom is 0.225 e. The molecule has 0 aliphatic carbocycles. The fraction of sp³-hybridized carbons (Fsp3) is 0.261. The highest BCUT2D eigenvalue weighted by Crippen LogP contribution is 2.26. The maximum atomic E-state index is 12.3. The smallest absolute Gasteiger partial charge is 0.225 e. The van der Waals surface area contributed by atoms with Gasteiger partial charge in [0.15, 0.2) is 6.29 Å². The summed E-state index contributed by atoms with van der Waals surface area (Å²) in [5.74, 6) is -0.155. The SMILES string of the molecule is C/C=C(/CC)S/C(=C/C(O)O)NC(=O)CCc1ccc(-c2ccccc2)cc1. The first-order valence-electron chi connectivity index (χ1n) is 9.37. The summed E-state index contributed by atoms with van der Waals surface area (Å²) in [5, 5.41) is 21.7. The van der Waals surface area contributed by atoms with Crippen molar-refractivity contribution in [2.45, 2.75) is 39.4 Å². The van der Waals surface area contributed by atoms with Gasteiger partial charge in [0, 0.05) is 12.5 Å². The number of benzene rings is 2. The molecule has 0 unspecified atom stereocenters. The van der Waals surface area contributed by atoms with Gasteiger partial charge in [-0.1, -0.05) is 79.4 Å². The van der Waals surface area contributed by atoms with Gasteiger partial charge in [0.2, 0.25) is 5.91 Å². The molecule has 5 heteroatoms. The number of carbonyl (C=O) groups excluding carboxylic acids is 1. The molecule has 0 heterocycles. The Morgan fingerprint density at radius 3 is 2.29 bits per heavy atom. The van der Waals surface area contributed by atoms with E-state index in [9.17, 15) is 15.0 Å². The molecule has 148 valence electrons. The average molecular weight is 398 g/mol. The van der Waals surface area contributed by atoms with Gasteiger partial charge < -0.3 is 15.5 Å².